The van der Waals surface area contributed by atoms with Gasteiger partial charge in [0.25, 0.3) is 0 Å². The lowest BCUT2D eigenvalue weighted by Gasteiger charge is -2.06. The van der Waals surface area contributed by atoms with Crippen molar-refractivity contribution in [3.63, 3.8) is 0 Å². The van der Waals surface area contributed by atoms with E-state index in [-0.39, 0.29) is 5.75 Å². The van der Waals surface area contributed by atoms with Crippen molar-refractivity contribution in [3.05, 3.63) is 36.9 Å². The summed E-state index contributed by atoms with van der Waals surface area (Å²) in [5.74, 6) is 0.449. The minimum Gasteiger partial charge on any atom is -0.508 e. The van der Waals surface area contributed by atoms with Crippen LogP contribution in [-0.4, -0.2) is 24.3 Å². The molecule has 0 fully saturated rings. The summed E-state index contributed by atoms with van der Waals surface area (Å²) in [4.78, 5) is 10.7. The Morgan fingerprint density at radius 3 is 2.62 bits per heavy atom. The van der Waals surface area contributed by atoms with E-state index in [1.807, 2.05) is 0 Å². The number of phenolic OH excluding ortho intramolecular Hbond substituents is 1. The van der Waals surface area contributed by atoms with Gasteiger partial charge in [-0.1, -0.05) is 6.58 Å². The SMILES string of the molecule is C=CC(=O)OCCCOc1ccc(O)cc1. The van der Waals surface area contributed by atoms with Crippen LogP contribution in [0.1, 0.15) is 6.42 Å². The van der Waals surface area contributed by atoms with Crippen molar-refractivity contribution in [1.29, 1.82) is 0 Å². The first-order valence-electron chi connectivity index (χ1n) is 4.93. The third kappa shape index (κ3) is 4.50. The van der Waals surface area contributed by atoms with Crippen molar-refractivity contribution < 1.29 is 19.4 Å². The molecule has 0 aromatic heterocycles. The van der Waals surface area contributed by atoms with Crippen molar-refractivity contribution in [1.82, 2.24) is 0 Å². The third-order valence-corrected chi connectivity index (χ3v) is 1.81. The van der Waals surface area contributed by atoms with Crippen LogP contribution in [0.2, 0.25) is 0 Å². The standard InChI is InChI=1S/C12H14O4/c1-2-12(14)16-9-3-8-15-11-6-4-10(13)5-7-11/h2,4-7,13H,1,3,8-9H2. The Labute approximate surface area is 94.1 Å². The fourth-order valence-electron chi connectivity index (χ4n) is 1.02. The molecule has 4 heteroatoms. The van der Waals surface area contributed by atoms with Crippen molar-refractivity contribution in [2.24, 2.45) is 0 Å². The van der Waals surface area contributed by atoms with Gasteiger partial charge in [0, 0.05) is 12.5 Å². The zero-order valence-corrected chi connectivity index (χ0v) is 8.89. The van der Waals surface area contributed by atoms with E-state index in [1.165, 1.54) is 0 Å². The molecule has 0 spiro atoms. The first-order chi connectivity index (χ1) is 7.72. The van der Waals surface area contributed by atoms with E-state index in [0.717, 1.165) is 6.08 Å². The molecule has 0 bridgehead atoms. The second-order valence-corrected chi connectivity index (χ2v) is 3.07. The second kappa shape index (κ2) is 6.50. The summed E-state index contributed by atoms with van der Waals surface area (Å²) >= 11 is 0. The molecule has 1 N–H and O–H groups in total. The monoisotopic (exact) mass is 222 g/mol. The van der Waals surface area contributed by atoms with Crippen LogP contribution in [0, 0.1) is 0 Å². The average molecular weight is 222 g/mol. The Morgan fingerprint density at radius 2 is 2.00 bits per heavy atom. The highest BCUT2D eigenvalue weighted by Gasteiger charge is 1.96. The van der Waals surface area contributed by atoms with Crippen LogP contribution in [0.25, 0.3) is 0 Å². The summed E-state index contributed by atoms with van der Waals surface area (Å²) in [5.41, 5.74) is 0. The molecule has 0 aliphatic rings. The normalized spacial score (nSPS) is 9.50. The zero-order valence-electron chi connectivity index (χ0n) is 8.89. The molecular weight excluding hydrogens is 208 g/mol. The van der Waals surface area contributed by atoms with Crippen molar-refractivity contribution in [3.8, 4) is 11.5 Å². The maximum absolute atomic E-state index is 10.7. The Morgan fingerprint density at radius 1 is 1.31 bits per heavy atom. The molecular formula is C12H14O4. The van der Waals surface area contributed by atoms with Crippen LogP contribution >= 0.6 is 0 Å². The minimum atomic E-state index is -0.426. The summed E-state index contributed by atoms with van der Waals surface area (Å²) in [5, 5.41) is 9.03. The van der Waals surface area contributed by atoms with Crippen molar-refractivity contribution in [2.45, 2.75) is 6.42 Å². The number of benzene rings is 1. The second-order valence-electron chi connectivity index (χ2n) is 3.07. The number of ether oxygens (including phenoxy) is 2. The highest BCUT2D eigenvalue weighted by Crippen LogP contribution is 2.15. The number of carbonyl (C=O) groups is 1. The minimum absolute atomic E-state index is 0.201. The van der Waals surface area contributed by atoms with E-state index in [4.69, 9.17) is 14.6 Å². The molecule has 0 heterocycles. The molecule has 86 valence electrons. The number of esters is 1. The number of phenols is 1. The van der Waals surface area contributed by atoms with Crippen molar-refractivity contribution in [2.75, 3.05) is 13.2 Å². The van der Waals surface area contributed by atoms with Gasteiger partial charge in [-0.3, -0.25) is 0 Å². The molecule has 0 unspecified atom stereocenters. The van der Waals surface area contributed by atoms with Gasteiger partial charge in [-0.2, -0.15) is 0 Å². The molecule has 0 radical (unpaired) electrons. The van der Waals surface area contributed by atoms with Gasteiger partial charge in [0.1, 0.15) is 11.5 Å². The lowest BCUT2D eigenvalue weighted by Crippen LogP contribution is -2.06. The molecule has 1 aromatic carbocycles. The topological polar surface area (TPSA) is 55.8 Å². The van der Waals surface area contributed by atoms with Crippen molar-refractivity contribution >= 4 is 5.97 Å². The number of hydrogen-bond acceptors (Lipinski definition) is 4. The molecule has 0 aliphatic heterocycles. The van der Waals surface area contributed by atoms with Gasteiger partial charge in [-0.25, -0.2) is 4.79 Å². The van der Waals surface area contributed by atoms with E-state index in [9.17, 15) is 4.79 Å². The predicted molar refractivity (Wildman–Crippen MR) is 59.4 cm³/mol. The maximum atomic E-state index is 10.7. The van der Waals surface area contributed by atoms with Gasteiger partial charge in [-0.05, 0) is 24.3 Å². The quantitative estimate of drug-likeness (QED) is 0.453. The summed E-state index contributed by atoms with van der Waals surface area (Å²) < 4.78 is 10.1. The molecule has 0 atom stereocenters. The Hall–Kier alpha value is -1.97. The van der Waals surface area contributed by atoms with E-state index in [1.54, 1.807) is 24.3 Å². The first-order valence-corrected chi connectivity index (χ1v) is 4.93. The van der Waals surface area contributed by atoms with Crippen LogP contribution in [0.3, 0.4) is 0 Å². The summed E-state index contributed by atoms with van der Waals surface area (Å²) in [6.45, 7) is 4.05. The van der Waals surface area contributed by atoms with Gasteiger partial charge < -0.3 is 14.6 Å². The smallest absolute Gasteiger partial charge is 0.330 e. The fourth-order valence-corrected chi connectivity index (χ4v) is 1.02. The van der Waals surface area contributed by atoms with E-state index in [2.05, 4.69) is 6.58 Å². The van der Waals surface area contributed by atoms with Gasteiger partial charge >= 0.3 is 5.97 Å². The first kappa shape index (κ1) is 12.1. The highest BCUT2D eigenvalue weighted by molar-refractivity contribution is 5.81. The molecule has 0 saturated carbocycles. The van der Waals surface area contributed by atoms with E-state index >= 15 is 0 Å². The lowest BCUT2D eigenvalue weighted by atomic mass is 10.3. The van der Waals surface area contributed by atoms with Gasteiger partial charge in [0.2, 0.25) is 0 Å². The lowest BCUT2D eigenvalue weighted by molar-refractivity contribution is -0.137. The van der Waals surface area contributed by atoms with E-state index < -0.39 is 5.97 Å². The zero-order chi connectivity index (χ0) is 11.8. The van der Waals surface area contributed by atoms with Crippen LogP contribution in [0.15, 0.2) is 36.9 Å². The number of rotatable bonds is 6. The number of aromatic hydroxyl groups is 1. The summed E-state index contributed by atoms with van der Waals surface area (Å²) in [7, 11) is 0. The summed E-state index contributed by atoms with van der Waals surface area (Å²) in [6, 6.07) is 6.44. The van der Waals surface area contributed by atoms with Crippen LogP contribution < -0.4 is 4.74 Å². The molecule has 1 aromatic rings. The van der Waals surface area contributed by atoms with E-state index in [0.29, 0.717) is 25.4 Å². The number of carbonyl (C=O) groups excluding carboxylic acids is 1. The molecule has 16 heavy (non-hydrogen) atoms. The van der Waals surface area contributed by atoms with Crippen LogP contribution in [-0.2, 0) is 9.53 Å². The van der Waals surface area contributed by atoms with Gasteiger partial charge in [-0.15, -0.1) is 0 Å². The number of hydrogen-bond donors (Lipinski definition) is 1. The molecule has 0 amide bonds. The van der Waals surface area contributed by atoms with Crippen LogP contribution in [0.4, 0.5) is 0 Å². The van der Waals surface area contributed by atoms with Gasteiger partial charge in [0.15, 0.2) is 0 Å². The Balaban J connectivity index is 2.14. The molecule has 0 aliphatic carbocycles. The van der Waals surface area contributed by atoms with Crippen LogP contribution in [0.5, 0.6) is 11.5 Å². The molecule has 1 rings (SSSR count). The fraction of sp³-hybridized carbons (Fsp3) is 0.250. The summed E-state index contributed by atoms with van der Waals surface area (Å²) in [6.07, 6.45) is 1.74. The molecule has 0 saturated heterocycles. The van der Waals surface area contributed by atoms with Gasteiger partial charge in [0.05, 0.1) is 13.2 Å². The third-order valence-electron chi connectivity index (χ3n) is 1.81. The predicted octanol–water partition coefficient (Wildman–Crippen LogP) is 1.89. The maximum Gasteiger partial charge on any atom is 0.330 e. The molecule has 4 nitrogen and oxygen atoms in total. The Kier molecular flexibility index (Phi) is 4.92. The average Bonchev–Trinajstić information content (AvgIpc) is 2.31. The highest BCUT2D eigenvalue weighted by atomic mass is 16.5. The largest absolute Gasteiger partial charge is 0.508 e. The Bertz CT molecular complexity index is 343.